The van der Waals surface area contributed by atoms with Gasteiger partial charge in [0, 0.05) is 16.4 Å². The van der Waals surface area contributed by atoms with Gasteiger partial charge in [-0.15, -0.1) is 0 Å². The lowest BCUT2D eigenvalue weighted by Crippen LogP contribution is -2.27. The van der Waals surface area contributed by atoms with Gasteiger partial charge in [0.1, 0.15) is 5.82 Å². The van der Waals surface area contributed by atoms with Gasteiger partial charge < -0.3 is 4.57 Å². The second-order valence-corrected chi connectivity index (χ2v) is 8.37. The summed E-state index contributed by atoms with van der Waals surface area (Å²) in [5.74, 6) is -0.688. The molecule has 0 N–H and O–H groups in total. The van der Waals surface area contributed by atoms with E-state index >= 15 is 0 Å². The van der Waals surface area contributed by atoms with Crippen molar-refractivity contribution < 1.29 is 14.0 Å². The number of thioether (sulfide) groups is 1. The number of amides is 2. The Morgan fingerprint density at radius 2 is 1.77 bits per heavy atom. The van der Waals surface area contributed by atoms with E-state index in [1.54, 1.807) is 47.0 Å². The molecule has 4 rings (SSSR count). The molecule has 7 heteroatoms. The standard InChI is InChI=1S/C23H18ClFN2O2S/c1-14-11-17(15(2)27(14)20-10-6-5-9-19(20)25)12-21-22(28)26(23(29)30-21)13-16-7-3-4-8-18(16)24/h3-12H,13H2,1-2H3/b21-12-. The van der Waals surface area contributed by atoms with Crippen molar-refractivity contribution in [2.45, 2.75) is 20.4 Å². The van der Waals surface area contributed by atoms with Crippen LogP contribution < -0.4 is 0 Å². The SMILES string of the molecule is Cc1cc(/C=C2\SC(=O)N(Cc3ccccc3Cl)C2=O)c(C)n1-c1ccccc1F. The Bertz CT molecular complexity index is 1200. The molecule has 1 aromatic heterocycles. The molecular formula is C23H18ClFN2O2S. The summed E-state index contributed by atoms with van der Waals surface area (Å²) in [6, 6.07) is 15.5. The highest BCUT2D eigenvalue weighted by Crippen LogP contribution is 2.35. The van der Waals surface area contributed by atoms with E-state index in [2.05, 4.69) is 0 Å². The third kappa shape index (κ3) is 3.68. The first-order chi connectivity index (χ1) is 14.4. The lowest BCUT2D eigenvalue weighted by Gasteiger charge is -2.13. The van der Waals surface area contributed by atoms with Gasteiger partial charge >= 0.3 is 0 Å². The number of benzene rings is 2. The van der Waals surface area contributed by atoms with Crippen LogP contribution in [0.2, 0.25) is 5.02 Å². The van der Waals surface area contributed by atoms with Crippen molar-refractivity contribution in [2.75, 3.05) is 0 Å². The highest BCUT2D eigenvalue weighted by atomic mass is 35.5. The second-order valence-electron chi connectivity index (χ2n) is 6.97. The topological polar surface area (TPSA) is 42.3 Å². The molecule has 4 nitrogen and oxygen atoms in total. The molecule has 0 radical (unpaired) electrons. The first-order valence-electron chi connectivity index (χ1n) is 9.29. The van der Waals surface area contributed by atoms with E-state index in [0.29, 0.717) is 21.2 Å². The molecule has 3 aromatic rings. The van der Waals surface area contributed by atoms with Crippen molar-refractivity contribution in [2.24, 2.45) is 0 Å². The van der Waals surface area contributed by atoms with Crippen LogP contribution in [0, 0.1) is 19.7 Å². The first kappa shape index (κ1) is 20.4. The fourth-order valence-electron chi connectivity index (χ4n) is 3.51. The van der Waals surface area contributed by atoms with Crippen LogP contribution in [0.5, 0.6) is 0 Å². The summed E-state index contributed by atoms with van der Waals surface area (Å²) >= 11 is 7.07. The van der Waals surface area contributed by atoms with Gasteiger partial charge in [0.05, 0.1) is 17.1 Å². The Morgan fingerprint density at radius 1 is 1.07 bits per heavy atom. The number of aryl methyl sites for hydroxylation is 1. The van der Waals surface area contributed by atoms with Crippen LogP contribution in [0.15, 0.2) is 59.5 Å². The number of nitrogens with zero attached hydrogens (tertiary/aromatic N) is 2. The minimum atomic E-state index is -0.361. The van der Waals surface area contributed by atoms with E-state index < -0.39 is 0 Å². The van der Waals surface area contributed by atoms with Gasteiger partial charge in [0.15, 0.2) is 0 Å². The summed E-state index contributed by atoms with van der Waals surface area (Å²) in [5, 5.41) is 0.169. The van der Waals surface area contributed by atoms with Crippen molar-refractivity contribution in [1.82, 2.24) is 9.47 Å². The Morgan fingerprint density at radius 3 is 2.50 bits per heavy atom. The van der Waals surface area contributed by atoms with Gasteiger partial charge in [-0.1, -0.05) is 41.9 Å². The molecule has 30 heavy (non-hydrogen) atoms. The number of hydrogen-bond donors (Lipinski definition) is 0. The molecular weight excluding hydrogens is 423 g/mol. The third-order valence-corrected chi connectivity index (χ3v) is 6.29. The normalized spacial score (nSPS) is 15.5. The zero-order chi connectivity index (χ0) is 21.4. The molecule has 0 saturated carbocycles. The predicted molar refractivity (Wildman–Crippen MR) is 118 cm³/mol. The number of halogens is 2. The molecule has 152 valence electrons. The molecule has 0 bridgehead atoms. The highest BCUT2D eigenvalue weighted by molar-refractivity contribution is 8.18. The van der Waals surface area contributed by atoms with Gasteiger partial charge in [-0.25, -0.2) is 4.39 Å². The lowest BCUT2D eigenvalue weighted by atomic mass is 10.2. The molecule has 2 amide bonds. The summed E-state index contributed by atoms with van der Waals surface area (Å²) in [7, 11) is 0. The summed E-state index contributed by atoms with van der Waals surface area (Å²) in [6.07, 6.45) is 1.69. The number of hydrogen-bond acceptors (Lipinski definition) is 3. The number of aromatic nitrogens is 1. The van der Waals surface area contributed by atoms with Crippen LogP contribution in [0.4, 0.5) is 9.18 Å². The van der Waals surface area contributed by atoms with Crippen LogP contribution in [0.3, 0.4) is 0 Å². The number of carbonyl (C=O) groups excluding carboxylic acids is 2. The number of carbonyl (C=O) groups is 2. The van der Waals surface area contributed by atoms with Gasteiger partial charge in [-0.05, 0) is 67.1 Å². The fraction of sp³-hybridized carbons (Fsp3) is 0.130. The smallest absolute Gasteiger partial charge is 0.293 e. The molecule has 1 aliphatic rings. The van der Waals surface area contributed by atoms with Crippen LogP contribution >= 0.6 is 23.4 Å². The fourth-order valence-corrected chi connectivity index (χ4v) is 4.54. The van der Waals surface area contributed by atoms with Crippen LogP contribution in [0.25, 0.3) is 11.8 Å². The van der Waals surface area contributed by atoms with Crippen molar-refractivity contribution in [1.29, 1.82) is 0 Å². The van der Waals surface area contributed by atoms with Gasteiger partial charge in [-0.3, -0.25) is 14.5 Å². The second kappa shape index (κ2) is 8.13. The van der Waals surface area contributed by atoms with E-state index in [1.807, 2.05) is 26.0 Å². The molecule has 0 unspecified atom stereocenters. The summed E-state index contributed by atoms with van der Waals surface area (Å²) in [6.45, 7) is 3.86. The van der Waals surface area contributed by atoms with Gasteiger partial charge in [0.25, 0.3) is 11.1 Å². The van der Waals surface area contributed by atoms with Crippen molar-refractivity contribution in [3.63, 3.8) is 0 Å². The Labute approximate surface area is 182 Å². The third-order valence-electron chi connectivity index (χ3n) is 5.01. The van der Waals surface area contributed by atoms with Crippen molar-refractivity contribution in [3.05, 3.63) is 92.9 Å². The van der Waals surface area contributed by atoms with E-state index in [-0.39, 0.29) is 23.5 Å². The van der Waals surface area contributed by atoms with Crippen LogP contribution in [-0.4, -0.2) is 20.6 Å². The minimum absolute atomic E-state index is 0.121. The maximum atomic E-state index is 14.3. The maximum absolute atomic E-state index is 14.3. The average molecular weight is 441 g/mol. The predicted octanol–water partition coefficient (Wildman–Crippen LogP) is 6.12. The summed E-state index contributed by atoms with van der Waals surface area (Å²) < 4.78 is 16.1. The Kier molecular flexibility index (Phi) is 5.54. The number of imide groups is 1. The van der Waals surface area contributed by atoms with Crippen LogP contribution in [0.1, 0.15) is 22.5 Å². The average Bonchev–Trinajstić information content (AvgIpc) is 3.14. The zero-order valence-electron chi connectivity index (χ0n) is 16.4. The van der Waals surface area contributed by atoms with E-state index in [1.165, 1.54) is 11.0 Å². The van der Waals surface area contributed by atoms with Crippen molar-refractivity contribution in [3.8, 4) is 5.69 Å². The molecule has 1 saturated heterocycles. The summed E-state index contributed by atoms with van der Waals surface area (Å²) in [4.78, 5) is 26.8. The monoisotopic (exact) mass is 440 g/mol. The Balaban J connectivity index is 1.66. The first-order valence-corrected chi connectivity index (χ1v) is 10.5. The molecule has 0 aliphatic carbocycles. The lowest BCUT2D eigenvalue weighted by molar-refractivity contribution is -0.123. The number of rotatable bonds is 4. The molecule has 1 fully saturated rings. The minimum Gasteiger partial charge on any atom is -0.315 e. The molecule has 0 spiro atoms. The highest BCUT2D eigenvalue weighted by Gasteiger charge is 2.35. The van der Waals surface area contributed by atoms with Crippen molar-refractivity contribution >= 4 is 40.6 Å². The Hall–Kier alpha value is -2.83. The van der Waals surface area contributed by atoms with E-state index in [9.17, 15) is 14.0 Å². The van der Waals surface area contributed by atoms with E-state index in [0.717, 1.165) is 28.7 Å². The summed E-state index contributed by atoms with van der Waals surface area (Å²) in [5.41, 5.74) is 3.54. The van der Waals surface area contributed by atoms with E-state index in [4.69, 9.17) is 11.6 Å². The molecule has 0 atom stereocenters. The molecule has 1 aliphatic heterocycles. The van der Waals surface area contributed by atoms with Gasteiger partial charge in [0.2, 0.25) is 0 Å². The van der Waals surface area contributed by atoms with Crippen LogP contribution in [-0.2, 0) is 11.3 Å². The number of para-hydroxylation sites is 1. The molecule has 2 heterocycles. The quantitative estimate of drug-likeness (QED) is 0.459. The zero-order valence-corrected chi connectivity index (χ0v) is 17.9. The maximum Gasteiger partial charge on any atom is 0.293 e. The van der Waals surface area contributed by atoms with Gasteiger partial charge in [-0.2, -0.15) is 0 Å². The molecule has 2 aromatic carbocycles. The largest absolute Gasteiger partial charge is 0.315 e.